The van der Waals surface area contributed by atoms with Crippen molar-refractivity contribution < 1.29 is 14.7 Å². The van der Waals surface area contributed by atoms with Crippen LogP contribution in [0, 0.1) is 0 Å². The van der Waals surface area contributed by atoms with Crippen LogP contribution in [-0.4, -0.2) is 26.4 Å². The van der Waals surface area contributed by atoms with Crippen molar-refractivity contribution in [2.75, 3.05) is 0 Å². The van der Waals surface area contributed by atoms with Crippen LogP contribution in [0.25, 0.3) is 11.4 Å². The van der Waals surface area contributed by atoms with Gasteiger partial charge in [-0.3, -0.25) is 4.79 Å². The lowest BCUT2D eigenvalue weighted by atomic mass is 10.1. The topological polar surface area (TPSA) is 72.2 Å². The van der Waals surface area contributed by atoms with Crippen molar-refractivity contribution in [2.45, 2.75) is 0 Å². The third-order valence-corrected chi connectivity index (χ3v) is 2.42. The van der Waals surface area contributed by atoms with E-state index in [1.54, 1.807) is 18.3 Å². The van der Waals surface area contributed by atoms with Gasteiger partial charge in [-0.05, 0) is 0 Å². The van der Waals surface area contributed by atoms with Gasteiger partial charge in [0.2, 0.25) is 0 Å². The molecule has 5 heteroatoms. The third kappa shape index (κ3) is 2.08. The number of Topliss-reactive ketones (excluding diaryl/α,β-unsaturated/α-hetero) is 1. The second kappa shape index (κ2) is 4.21. The number of hydrogen-bond donors (Lipinski definition) is 1. The number of aryl methyl sites for hydroxylation is 1. The predicted molar refractivity (Wildman–Crippen MR) is 60.6 cm³/mol. The van der Waals surface area contributed by atoms with Gasteiger partial charge in [0.15, 0.2) is 0 Å². The Morgan fingerprint density at radius 2 is 1.88 bits per heavy atom. The monoisotopic (exact) mass is 230 g/mol. The van der Waals surface area contributed by atoms with E-state index in [9.17, 15) is 9.59 Å². The fourth-order valence-corrected chi connectivity index (χ4v) is 1.54. The second-order valence-electron chi connectivity index (χ2n) is 3.57. The average molecular weight is 230 g/mol. The van der Waals surface area contributed by atoms with Crippen molar-refractivity contribution in [3.05, 3.63) is 42.2 Å². The zero-order valence-corrected chi connectivity index (χ0v) is 9.12. The predicted octanol–water partition coefficient (Wildman–Crippen LogP) is 1.35. The highest BCUT2D eigenvalue weighted by Crippen LogP contribution is 2.17. The van der Waals surface area contributed by atoms with Crippen LogP contribution in [0.15, 0.2) is 36.7 Å². The van der Waals surface area contributed by atoms with Crippen LogP contribution in [0.1, 0.15) is 10.4 Å². The SMILES string of the molecule is Cn1ccnc1-c1ccc(C(=O)C(=O)O)cc1. The maximum absolute atomic E-state index is 11.2. The number of benzene rings is 1. The molecule has 0 aliphatic rings. The Hall–Kier alpha value is -2.43. The van der Waals surface area contributed by atoms with Crippen molar-refractivity contribution in [1.29, 1.82) is 0 Å². The highest BCUT2D eigenvalue weighted by Gasteiger charge is 2.14. The summed E-state index contributed by atoms with van der Waals surface area (Å²) in [4.78, 5) is 25.8. The smallest absolute Gasteiger partial charge is 0.377 e. The molecule has 0 fully saturated rings. The molecule has 0 aliphatic carbocycles. The molecule has 1 heterocycles. The zero-order chi connectivity index (χ0) is 12.4. The Balaban J connectivity index is 2.34. The summed E-state index contributed by atoms with van der Waals surface area (Å²) in [7, 11) is 1.86. The number of carboxylic acids is 1. The standard InChI is InChI=1S/C12H10N2O3/c1-14-7-6-13-11(14)9-4-2-8(3-5-9)10(15)12(16)17/h2-7H,1H3,(H,16,17). The molecule has 0 saturated carbocycles. The number of aliphatic carboxylic acids is 1. The molecule has 0 bridgehead atoms. The van der Waals surface area contributed by atoms with E-state index in [1.165, 1.54) is 12.1 Å². The fourth-order valence-electron chi connectivity index (χ4n) is 1.54. The Morgan fingerprint density at radius 3 is 2.35 bits per heavy atom. The number of rotatable bonds is 3. The summed E-state index contributed by atoms with van der Waals surface area (Å²) < 4.78 is 1.84. The van der Waals surface area contributed by atoms with Gasteiger partial charge in [0.05, 0.1) is 0 Å². The molecule has 0 saturated heterocycles. The van der Waals surface area contributed by atoms with Crippen molar-refractivity contribution in [3.8, 4) is 11.4 Å². The van der Waals surface area contributed by atoms with Crippen LogP contribution in [-0.2, 0) is 11.8 Å². The quantitative estimate of drug-likeness (QED) is 0.638. The van der Waals surface area contributed by atoms with Crippen LogP contribution in [0.5, 0.6) is 0 Å². The van der Waals surface area contributed by atoms with Gasteiger partial charge in [-0.15, -0.1) is 0 Å². The maximum atomic E-state index is 11.2. The average Bonchev–Trinajstić information content (AvgIpc) is 2.74. The molecule has 2 aromatic rings. The van der Waals surface area contributed by atoms with Crippen molar-refractivity contribution in [2.24, 2.45) is 7.05 Å². The maximum Gasteiger partial charge on any atom is 0.377 e. The highest BCUT2D eigenvalue weighted by atomic mass is 16.4. The molecule has 86 valence electrons. The highest BCUT2D eigenvalue weighted by molar-refractivity contribution is 6.39. The summed E-state index contributed by atoms with van der Waals surface area (Å²) in [5, 5.41) is 8.57. The number of carbonyl (C=O) groups excluding carboxylic acids is 1. The van der Waals surface area contributed by atoms with E-state index in [4.69, 9.17) is 5.11 Å². The first-order chi connectivity index (χ1) is 8.09. The van der Waals surface area contributed by atoms with Gasteiger partial charge in [-0.1, -0.05) is 24.3 Å². The van der Waals surface area contributed by atoms with E-state index in [-0.39, 0.29) is 5.56 Å². The second-order valence-corrected chi connectivity index (χ2v) is 3.57. The number of ketones is 1. The van der Waals surface area contributed by atoms with Gasteiger partial charge in [0, 0.05) is 30.6 Å². The summed E-state index contributed by atoms with van der Waals surface area (Å²) in [5.74, 6) is -1.59. The molecule has 2 rings (SSSR count). The molecule has 5 nitrogen and oxygen atoms in total. The lowest BCUT2D eigenvalue weighted by molar-refractivity contribution is -0.131. The molecule has 0 amide bonds. The van der Waals surface area contributed by atoms with Crippen LogP contribution >= 0.6 is 0 Å². The lowest BCUT2D eigenvalue weighted by Gasteiger charge is -2.02. The Morgan fingerprint density at radius 1 is 1.24 bits per heavy atom. The molecule has 1 N–H and O–H groups in total. The molecule has 0 spiro atoms. The Labute approximate surface area is 97.3 Å². The minimum atomic E-state index is -1.45. The molecular weight excluding hydrogens is 220 g/mol. The summed E-state index contributed by atoms with van der Waals surface area (Å²) >= 11 is 0. The Kier molecular flexibility index (Phi) is 2.74. The van der Waals surface area contributed by atoms with Gasteiger partial charge in [0.1, 0.15) is 5.82 Å². The minimum absolute atomic E-state index is 0.162. The first-order valence-corrected chi connectivity index (χ1v) is 4.95. The van der Waals surface area contributed by atoms with E-state index in [1.807, 2.05) is 17.8 Å². The van der Waals surface area contributed by atoms with E-state index >= 15 is 0 Å². The molecule has 17 heavy (non-hydrogen) atoms. The number of imidazole rings is 1. The molecule has 0 aliphatic heterocycles. The third-order valence-electron chi connectivity index (χ3n) is 2.42. The first-order valence-electron chi connectivity index (χ1n) is 4.95. The summed E-state index contributed by atoms with van der Waals surface area (Å²) in [6, 6.07) is 6.33. The van der Waals surface area contributed by atoms with E-state index in [0.717, 1.165) is 11.4 Å². The normalized spacial score (nSPS) is 10.2. The van der Waals surface area contributed by atoms with Crippen molar-refractivity contribution in [3.63, 3.8) is 0 Å². The largest absolute Gasteiger partial charge is 0.475 e. The van der Waals surface area contributed by atoms with Crippen molar-refractivity contribution >= 4 is 11.8 Å². The Bertz CT molecular complexity index is 570. The lowest BCUT2D eigenvalue weighted by Crippen LogP contribution is -2.12. The van der Waals surface area contributed by atoms with Gasteiger partial charge in [0.25, 0.3) is 5.78 Å². The van der Waals surface area contributed by atoms with Crippen LogP contribution in [0.3, 0.4) is 0 Å². The zero-order valence-electron chi connectivity index (χ0n) is 9.12. The fraction of sp³-hybridized carbons (Fsp3) is 0.0833. The number of aromatic nitrogens is 2. The molecule has 1 aromatic heterocycles. The molecule has 0 radical (unpaired) electrons. The number of hydrogen-bond acceptors (Lipinski definition) is 3. The van der Waals surface area contributed by atoms with Crippen LogP contribution < -0.4 is 0 Å². The molecule has 0 unspecified atom stereocenters. The minimum Gasteiger partial charge on any atom is -0.475 e. The molecule has 0 atom stereocenters. The molecular formula is C12H10N2O3. The van der Waals surface area contributed by atoms with Gasteiger partial charge in [-0.25, -0.2) is 9.78 Å². The van der Waals surface area contributed by atoms with Gasteiger partial charge < -0.3 is 9.67 Å². The summed E-state index contributed by atoms with van der Waals surface area (Å²) in [6.07, 6.45) is 3.48. The van der Waals surface area contributed by atoms with Crippen LogP contribution in [0.4, 0.5) is 0 Å². The number of carbonyl (C=O) groups is 2. The number of nitrogens with zero attached hydrogens (tertiary/aromatic N) is 2. The summed E-state index contributed by atoms with van der Waals surface area (Å²) in [5.41, 5.74) is 0.995. The van der Waals surface area contributed by atoms with E-state index < -0.39 is 11.8 Å². The van der Waals surface area contributed by atoms with Gasteiger partial charge in [-0.2, -0.15) is 0 Å². The van der Waals surface area contributed by atoms with E-state index in [2.05, 4.69) is 4.98 Å². The van der Waals surface area contributed by atoms with Crippen LogP contribution in [0.2, 0.25) is 0 Å². The summed E-state index contributed by atoms with van der Waals surface area (Å²) in [6.45, 7) is 0. The molecule has 1 aromatic carbocycles. The first kappa shape index (κ1) is 11.1. The van der Waals surface area contributed by atoms with Gasteiger partial charge >= 0.3 is 5.97 Å². The van der Waals surface area contributed by atoms with E-state index in [0.29, 0.717) is 0 Å². The van der Waals surface area contributed by atoms with Crippen molar-refractivity contribution in [1.82, 2.24) is 9.55 Å². The number of carboxylic acid groups (broad SMARTS) is 1.